The SMILES string of the molecule is C[C@@H]1C=CC[C@H]2C(=O)N(N(Cc3ccccc3F)C(=O)c3ccccc3Cl)C(=O)[C@H]12. The molecule has 30 heavy (non-hydrogen) atoms. The molecule has 0 spiro atoms. The first kappa shape index (κ1) is 20.3. The van der Waals surface area contributed by atoms with Gasteiger partial charge in [0.15, 0.2) is 0 Å². The Morgan fingerprint density at radius 1 is 1.13 bits per heavy atom. The molecule has 1 fully saturated rings. The van der Waals surface area contributed by atoms with E-state index in [-0.39, 0.29) is 28.6 Å². The Labute approximate surface area is 178 Å². The van der Waals surface area contributed by atoms with Crippen molar-refractivity contribution < 1.29 is 18.8 Å². The predicted octanol–water partition coefficient (Wildman–Crippen LogP) is 4.23. The summed E-state index contributed by atoms with van der Waals surface area (Å²) in [5.41, 5.74) is 0.330. The van der Waals surface area contributed by atoms with Gasteiger partial charge in [-0.1, -0.05) is 61.0 Å². The molecule has 0 unspecified atom stereocenters. The molecule has 7 heteroatoms. The van der Waals surface area contributed by atoms with Crippen LogP contribution >= 0.6 is 11.6 Å². The Balaban J connectivity index is 1.77. The van der Waals surface area contributed by atoms with Gasteiger partial charge in [-0.2, -0.15) is 5.01 Å². The van der Waals surface area contributed by atoms with Crippen LogP contribution in [0.3, 0.4) is 0 Å². The molecule has 154 valence electrons. The van der Waals surface area contributed by atoms with Gasteiger partial charge in [-0.25, -0.2) is 9.40 Å². The van der Waals surface area contributed by atoms with Crippen LogP contribution in [0.2, 0.25) is 5.02 Å². The number of nitrogens with zero attached hydrogens (tertiary/aromatic N) is 2. The molecule has 3 atom stereocenters. The molecular formula is C23H20ClFN2O3. The summed E-state index contributed by atoms with van der Waals surface area (Å²) in [6.07, 6.45) is 4.23. The van der Waals surface area contributed by atoms with Crippen LogP contribution in [-0.2, 0) is 16.1 Å². The third-order valence-electron chi connectivity index (χ3n) is 5.71. The molecule has 5 nitrogen and oxygen atoms in total. The quantitative estimate of drug-likeness (QED) is 0.543. The monoisotopic (exact) mass is 426 g/mol. The van der Waals surface area contributed by atoms with E-state index in [1.807, 2.05) is 19.1 Å². The van der Waals surface area contributed by atoms with Crippen LogP contribution in [0, 0.1) is 23.6 Å². The zero-order valence-corrected chi connectivity index (χ0v) is 17.1. The Bertz CT molecular complexity index is 1050. The maximum absolute atomic E-state index is 14.4. The van der Waals surface area contributed by atoms with Crippen LogP contribution < -0.4 is 0 Å². The van der Waals surface area contributed by atoms with Gasteiger partial charge in [-0.3, -0.25) is 14.4 Å². The van der Waals surface area contributed by atoms with Crippen molar-refractivity contribution >= 4 is 29.3 Å². The fourth-order valence-corrected chi connectivity index (χ4v) is 4.38. The van der Waals surface area contributed by atoms with Crippen molar-refractivity contribution in [2.45, 2.75) is 19.9 Å². The topological polar surface area (TPSA) is 57.7 Å². The maximum atomic E-state index is 14.4. The molecule has 1 aliphatic carbocycles. The minimum Gasteiger partial charge on any atom is -0.272 e. The normalized spacial score (nSPS) is 22.9. The number of allylic oxidation sites excluding steroid dienone is 2. The lowest BCUT2D eigenvalue weighted by Gasteiger charge is -2.31. The Kier molecular flexibility index (Phi) is 5.43. The number of carbonyl (C=O) groups is 3. The average molecular weight is 427 g/mol. The van der Waals surface area contributed by atoms with Crippen LogP contribution in [0.15, 0.2) is 60.7 Å². The second-order valence-electron chi connectivity index (χ2n) is 7.58. The fraction of sp³-hybridized carbons (Fsp3) is 0.261. The molecule has 0 saturated carbocycles. The highest BCUT2D eigenvalue weighted by molar-refractivity contribution is 6.33. The van der Waals surface area contributed by atoms with E-state index in [1.54, 1.807) is 24.3 Å². The van der Waals surface area contributed by atoms with Gasteiger partial charge in [0.2, 0.25) is 0 Å². The Morgan fingerprint density at radius 2 is 1.83 bits per heavy atom. The number of hydrazine groups is 1. The van der Waals surface area contributed by atoms with E-state index in [2.05, 4.69) is 0 Å². The molecule has 0 bridgehead atoms. The summed E-state index contributed by atoms with van der Waals surface area (Å²) in [5, 5.41) is 2.11. The largest absolute Gasteiger partial charge is 0.274 e. The molecule has 2 aliphatic rings. The van der Waals surface area contributed by atoms with Crippen LogP contribution in [-0.4, -0.2) is 27.7 Å². The highest BCUT2D eigenvalue weighted by atomic mass is 35.5. The smallest absolute Gasteiger partial charge is 0.272 e. The standard InChI is InChI=1S/C23H20ClFN2O3/c1-14-7-6-10-17-20(14)23(30)27(22(17)29)26(13-15-8-2-5-12-19(15)25)21(28)16-9-3-4-11-18(16)24/h2-9,11-12,14,17,20H,10,13H2,1H3/t14-,17-,20-/m1/s1. The molecule has 1 heterocycles. The van der Waals surface area contributed by atoms with Gasteiger partial charge in [0, 0.05) is 5.56 Å². The average Bonchev–Trinajstić information content (AvgIpc) is 2.99. The number of carbonyl (C=O) groups excluding carboxylic acids is 3. The van der Waals surface area contributed by atoms with Gasteiger partial charge in [0.1, 0.15) is 5.82 Å². The highest BCUT2D eigenvalue weighted by Gasteiger charge is 2.53. The lowest BCUT2D eigenvalue weighted by molar-refractivity contribution is -0.155. The van der Waals surface area contributed by atoms with Crippen molar-refractivity contribution in [1.29, 1.82) is 0 Å². The number of hydrogen-bond donors (Lipinski definition) is 0. The first-order valence-corrected chi connectivity index (χ1v) is 10.1. The van der Waals surface area contributed by atoms with E-state index in [0.29, 0.717) is 6.42 Å². The van der Waals surface area contributed by atoms with Crippen molar-refractivity contribution in [3.05, 3.63) is 82.6 Å². The lowest BCUT2D eigenvalue weighted by Crippen LogP contribution is -2.50. The molecular weight excluding hydrogens is 407 g/mol. The highest BCUT2D eigenvalue weighted by Crippen LogP contribution is 2.39. The zero-order valence-electron chi connectivity index (χ0n) is 16.3. The number of amides is 3. The van der Waals surface area contributed by atoms with Crippen molar-refractivity contribution in [3.63, 3.8) is 0 Å². The summed E-state index contributed by atoms with van der Waals surface area (Å²) in [6, 6.07) is 12.3. The number of hydrogen-bond acceptors (Lipinski definition) is 3. The number of fused-ring (bicyclic) bond motifs is 1. The van der Waals surface area contributed by atoms with Crippen molar-refractivity contribution in [1.82, 2.24) is 10.0 Å². The molecule has 2 aromatic carbocycles. The number of benzene rings is 2. The van der Waals surface area contributed by atoms with Gasteiger partial charge in [-0.15, -0.1) is 0 Å². The molecule has 4 rings (SSSR count). The van der Waals surface area contributed by atoms with Crippen molar-refractivity contribution in [2.75, 3.05) is 0 Å². The van der Waals surface area contributed by atoms with Gasteiger partial charge < -0.3 is 0 Å². The number of rotatable bonds is 4. The van der Waals surface area contributed by atoms with Gasteiger partial charge in [0.25, 0.3) is 17.7 Å². The first-order valence-electron chi connectivity index (χ1n) is 9.74. The van der Waals surface area contributed by atoms with E-state index in [4.69, 9.17) is 11.6 Å². The van der Waals surface area contributed by atoms with Crippen LogP contribution in [0.4, 0.5) is 4.39 Å². The van der Waals surface area contributed by atoms with Crippen molar-refractivity contribution in [3.8, 4) is 0 Å². The second kappa shape index (κ2) is 8.03. The third kappa shape index (κ3) is 3.41. The maximum Gasteiger partial charge on any atom is 0.274 e. The second-order valence-corrected chi connectivity index (χ2v) is 7.98. The number of imide groups is 1. The summed E-state index contributed by atoms with van der Waals surface area (Å²) in [5.74, 6) is -3.25. The van der Waals surface area contributed by atoms with Gasteiger partial charge in [-0.05, 0) is 30.5 Å². The summed E-state index contributed by atoms with van der Waals surface area (Å²) in [6.45, 7) is 1.61. The third-order valence-corrected chi connectivity index (χ3v) is 6.04. The van der Waals surface area contributed by atoms with Crippen molar-refractivity contribution in [2.24, 2.45) is 17.8 Å². The molecule has 0 aromatic heterocycles. The Morgan fingerprint density at radius 3 is 2.53 bits per heavy atom. The van der Waals surface area contributed by atoms with E-state index < -0.39 is 35.4 Å². The summed E-state index contributed by atoms with van der Waals surface area (Å²) in [4.78, 5) is 39.8. The lowest BCUT2D eigenvalue weighted by atomic mass is 9.78. The molecule has 0 N–H and O–H groups in total. The molecule has 3 amide bonds. The molecule has 2 aromatic rings. The number of halogens is 2. The zero-order chi connectivity index (χ0) is 21.4. The predicted molar refractivity (Wildman–Crippen MR) is 109 cm³/mol. The van der Waals surface area contributed by atoms with Crippen LogP contribution in [0.1, 0.15) is 29.3 Å². The molecule has 1 saturated heterocycles. The van der Waals surface area contributed by atoms with Gasteiger partial charge in [0.05, 0.1) is 29.0 Å². The van der Waals surface area contributed by atoms with E-state index >= 15 is 0 Å². The summed E-state index contributed by atoms with van der Waals surface area (Å²) < 4.78 is 14.4. The molecule has 0 radical (unpaired) electrons. The molecule has 1 aliphatic heterocycles. The first-order chi connectivity index (χ1) is 14.4. The fourth-order valence-electron chi connectivity index (χ4n) is 4.16. The van der Waals surface area contributed by atoms with Crippen LogP contribution in [0.25, 0.3) is 0 Å². The Hall–Kier alpha value is -2.99. The van der Waals surface area contributed by atoms with E-state index in [9.17, 15) is 18.8 Å². The summed E-state index contributed by atoms with van der Waals surface area (Å²) >= 11 is 6.20. The minimum absolute atomic E-state index is 0.129. The van der Waals surface area contributed by atoms with E-state index in [1.165, 1.54) is 24.3 Å². The van der Waals surface area contributed by atoms with Gasteiger partial charge >= 0.3 is 0 Å². The summed E-state index contributed by atoms with van der Waals surface area (Å²) in [7, 11) is 0. The minimum atomic E-state index is -0.634. The van der Waals surface area contributed by atoms with Crippen LogP contribution in [0.5, 0.6) is 0 Å². The van der Waals surface area contributed by atoms with E-state index in [0.717, 1.165) is 10.0 Å².